The van der Waals surface area contributed by atoms with Crippen molar-refractivity contribution in [3.05, 3.63) is 127 Å². The number of ether oxygens (including phenoxy) is 2. The third-order valence-electron chi connectivity index (χ3n) is 7.53. The van der Waals surface area contributed by atoms with Crippen molar-refractivity contribution >= 4 is 63.4 Å². The molecule has 3 atom stereocenters. The second kappa shape index (κ2) is 11.9. The molecule has 7 heteroatoms. The first-order chi connectivity index (χ1) is 19.5. The van der Waals surface area contributed by atoms with Gasteiger partial charge in [-0.3, -0.25) is 4.99 Å². The zero-order chi connectivity index (χ0) is 27.6. The van der Waals surface area contributed by atoms with Crippen LogP contribution in [-0.4, -0.2) is 13.3 Å². The molecule has 6 rings (SSSR count). The van der Waals surface area contributed by atoms with Gasteiger partial charge >= 0.3 is 0 Å². The Morgan fingerprint density at radius 3 is 2.65 bits per heavy atom. The van der Waals surface area contributed by atoms with Gasteiger partial charge in [0.15, 0.2) is 11.5 Å². The van der Waals surface area contributed by atoms with Gasteiger partial charge in [-0.15, -0.1) is 0 Å². The van der Waals surface area contributed by atoms with Gasteiger partial charge in [0.25, 0.3) is 0 Å². The summed E-state index contributed by atoms with van der Waals surface area (Å²) < 4.78 is 12.7. The van der Waals surface area contributed by atoms with Gasteiger partial charge in [0.2, 0.25) is 0 Å². The standard InChI is InChI=1S/C33H27Cl2IN2O2/c1-39-31-16-20(15-29(36)33(31)40-19-22-9-12-23(34)17-28(22)35)18-37-24-13-10-21(11-14-24)32-27-7-4-6-25(27)26-5-2-3-8-30(26)38-32/h2-6,8-18,25,27,32,38H,7,19H2,1H3/t25-,27-,32-/m0/s1. The molecule has 1 aliphatic carbocycles. The highest BCUT2D eigenvalue weighted by Crippen LogP contribution is 2.49. The van der Waals surface area contributed by atoms with E-state index in [1.807, 2.05) is 24.4 Å². The van der Waals surface area contributed by atoms with E-state index in [0.717, 1.165) is 26.8 Å². The van der Waals surface area contributed by atoms with Gasteiger partial charge in [-0.1, -0.05) is 71.8 Å². The van der Waals surface area contributed by atoms with Crippen LogP contribution in [0.1, 0.15) is 40.6 Å². The van der Waals surface area contributed by atoms with E-state index in [1.165, 1.54) is 16.8 Å². The molecule has 0 aromatic heterocycles. The van der Waals surface area contributed by atoms with Crippen LogP contribution in [0.15, 0.2) is 96.0 Å². The number of methoxy groups -OCH3 is 1. The predicted octanol–water partition coefficient (Wildman–Crippen LogP) is 9.76. The van der Waals surface area contributed by atoms with Gasteiger partial charge in [-0.05, 0) is 94.1 Å². The predicted molar refractivity (Wildman–Crippen MR) is 173 cm³/mol. The number of allylic oxidation sites excluding steroid dienone is 2. The summed E-state index contributed by atoms with van der Waals surface area (Å²) in [5.74, 6) is 2.29. The van der Waals surface area contributed by atoms with Gasteiger partial charge < -0.3 is 14.8 Å². The maximum Gasteiger partial charge on any atom is 0.174 e. The fraction of sp³-hybridized carbons (Fsp3) is 0.182. The Balaban J connectivity index is 1.17. The van der Waals surface area contributed by atoms with Gasteiger partial charge in [-0.2, -0.15) is 0 Å². The molecule has 0 saturated heterocycles. The molecular weight excluding hydrogens is 654 g/mol. The first-order valence-corrected chi connectivity index (χ1v) is 14.9. The molecule has 202 valence electrons. The Morgan fingerprint density at radius 1 is 1.02 bits per heavy atom. The maximum absolute atomic E-state index is 6.31. The smallest absolute Gasteiger partial charge is 0.174 e. The molecule has 1 heterocycles. The van der Waals surface area contributed by atoms with Crippen LogP contribution in [0.3, 0.4) is 0 Å². The number of nitrogens with zero attached hydrogens (tertiary/aromatic N) is 1. The number of hydrogen-bond acceptors (Lipinski definition) is 4. The largest absolute Gasteiger partial charge is 0.493 e. The fourth-order valence-electron chi connectivity index (χ4n) is 5.53. The first-order valence-electron chi connectivity index (χ1n) is 13.1. The Hall–Kier alpha value is -3.00. The second-order valence-corrected chi connectivity index (χ2v) is 12.0. The van der Waals surface area contributed by atoms with Crippen molar-refractivity contribution in [2.45, 2.75) is 25.0 Å². The lowest BCUT2D eigenvalue weighted by Crippen LogP contribution is -2.28. The van der Waals surface area contributed by atoms with E-state index in [1.54, 1.807) is 19.2 Å². The van der Waals surface area contributed by atoms with E-state index < -0.39 is 0 Å². The molecule has 1 N–H and O–H groups in total. The molecule has 0 unspecified atom stereocenters. The second-order valence-electron chi connectivity index (χ2n) is 9.97. The zero-order valence-corrected chi connectivity index (χ0v) is 25.5. The Bertz CT molecular complexity index is 1600. The van der Waals surface area contributed by atoms with Crippen molar-refractivity contribution in [2.24, 2.45) is 10.9 Å². The van der Waals surface area contributed by atoms with Crippen LogP contribution in [-0.2, 0) is 6.61 Å². The maximum atomic E-state index is 6.31. The molecular formula is C33H27Cl2IN2O2. The molecule has 4 nitrogen and oxygen atoms in total. The number of nitrogens with one attached hydrogen (secondary N) is 1. The van der Waals surface area contributed by atoms with Crippen molar-refractivity contribution in [1.82, 2.24) is 0 Å². The van der Waals surface area contributed by atoms with Crippen molar-refractivity contribution in [3.63, 3.8) is 0 Å². The van der Waals surface area contributed by atoms with Crippen molar-refractivity contribution in [3.8, 4) is 11.5 Å². The van der Waals surface area contributed by atoms with E-state index in [2.05, 4.69) is 88.6 Å². The van der Waals surface area contributed by atoms with Crippen molar-refractivity contribution in [2.75, 3.05) is 12.4 Å². The molecule has 40 heavy (non-hydrogen) atoms. The fourth-order valence-corrected chi connectivity index (χ4v) is 6.78. The summed E-state index contributed by atoms with van der Waals surface area (Å²) >= 11 is 14.6. The number of fused-ring (bicyclic) bond motifs is 3. The van der Waals surface area contributed by atoms with E-state index in [-0.39, 0.29) is 6.04 Å². The summed E-state index contributed by atoms with van der Waals surface area (Å²) in [7, 11) is 1.63. The number of halogens is 3. The lowest BCUT2D eigenvalue weighted by atomic mass is 9.77. The summed E-state index contributed by atoms with van der Waals surface area (Å²) in [5.41, 5.74) is 6.58. The van der Waals surface area contributed by atoms with E-state index in [9.17, 15) is 0 Å². The Labute approximate surface area is 258 Å². The third kappa shape index (κ3) is 5.60. The van der Waals surface area contributed by atoms with Gasteiger partial charge in [-0.25, -0.2) is 0 Å². The normalized spacial score (nSPS) is 19.2. The number of rotatable bonds is 7. The van der Waals surface area contributed by atoms with Crippen molar-refractivity contribution in [1.29, 1.82) is 0 Å². The van der Waals surface area contributed by atoms with Gasteiger partial charge in [0.05, 0.1) is 22.4 Å². The molecule has 2 aliphatic rings. The van der Waals surface area contributed by atoms with Crippen molar-refractivity contribution < 1.29 is 9.47 Å². The first kappa shape index (κ1) is 27.2. The number of aliphatic imine (C=N–C) groups is 1. The molecule has 4 aromatic carbocycles. The lowest BCUT2D eigenvalue weighted by Gasteiger charge is -2.37. The number of para-hydroxylation sites is 1. The van der Waals surface area contributed by atoms with Crippen LogP contribution in [0, 0.1) is 9.49 Å². The van der Waals surface area contributed by atoms with Gasteiger partial charge in [0, 0.05) is 33.4 Å². The highest BCUT2D eigenvalue weighted by Gasteiger charge is 2.37. The highest BCUT2D eigenvalue weighted by atomic mass is 127. The molecule has 0 fully saturated rings. The summed E-state index contributed by atoms with van der Waals surface area (Å²) in [6.07, 6.45) is 7.63. The zero-order valence-electron chi connectivity index (χ0n) is 21.8. The monoisotopic (exact) mass is 680 g/mol. The minimum absolute atomic E-state index is 0.272. The van der Waals surface area contributed by atoms with Crippen LogP contribution in [0.5, 0.6) is 11.5 Å². The van der Waals surface area contributed by atoms with Crippen LogP contribution < -0.4 is 14.8 Å². The molecule has 0 bridgehead atoms. The lowest BCUT2D eigenvalue weighted by molar-refractivity contribution is 0.282. The Kier molecular flexibility index (Phi) is 8.05. The van der Waals surface area contributed by atoms with Gasteiger partial charge in [0.1, 0.15) is 6.61 Å². The Morgan fingerprint density at radius 2 is 1.85 bits per heavy atom. The average molecular weight is 681 g/mol. The van der Waals surface area contributed by atoms with Crippen LogP contribution in [0.4, 0.5) is 11.4 Å². The summed E-state index contributed by atoms with van der Waals surface area (Å²) in [6, 6.07) is 26.8. The van der Waals surface area contributed by atoms with E-state index >= 15 is 0 Å². The topological polar surface area (TPSA) is 42.8 Å². The van der Waals surface area contributed by atoms with E-state index in [4.69, 9.17) is 37.7 Å². The average Bonchev–Trinajstić information content (AvgIpc) is 3.46. The number of hydrogen-bond donors (Lipinski definition) is 1. The third-order valence-corrected chi connectivity index (χ3v) is 8.91. The quantitative estimate of drug-likeness (QED) is 0.120. The van der Waals surface area contributed by atoms with E-state index in [0.29, 0.717) is 40.0 Å². The minimum Gasteiger partial charge on any atom is -0.493 e. The van der Waals surface area contributed by atoms with Crippen LogP contribution in [0.2, 0.25) is 10.0 Å². The molecule has 0 spiro atoms. The molecule has 1 aliphatic heterocycles. The molecule has 0 radical (unpaired) electrons. The van der Waals surface area contributed by atoms with Crippen LogP contribution >= 0.6 is 45.8 Å². The molecule has 0 amide bonds. The summed E-state index contributed by atoms with van der Waals surface area (Å²) in [6.45, 7) is 0.307. The molecule has 4 aromatic rings. The number of benzene rings is 4. The summed E-state index contributed by atoms with van der Waals surface area (Å²) in [4.78, 5) is 4.74. The summed E-state index contributed by atoms with van der Waals surface area (Å²) in [5, 5.41) is 4.96. The highest BCUT2D eigenvalue weighted by molar-refractivity contribution is 14.1. The number of anilines is 1. The minimum atomic E-state index is 0.272. The SMILES string of the molecule is COc1cc(C=Nc2ccc([C@@H]3Nc4ccccc4[C@@H]4C=CC[C@@H]43)cc2)cc(I)c1OCc1ccc(Cl)cc1Cl. The van der Waals surface area contributed by atoms with Crippen LogP contribution in [0.25, 0.3) is 0 Å². The molecule has 0 saturated carbocycles.